The number of aryl methyl sites for hydroxylation is 1. The second-order valence-corrected chi connectivity index (χ2v) is 5.70. The third-order valence-corrected chi connectivity index (χ3v) is 3.95. The number of aromatic amines is 1. The molecule has 0 aromatic carbocycles. The lowest BCUT2D eigenvalue weighted by Gasteiger charge is -2.04. The van der Waals surface area contributed by atoms with Gasteiger partial charge in [-0.25, -0.2) is 4.79 Å². The summed E-state index contributed by atoms with van der Waals surface area (Å²) in [5.41, 5.74) is 1.75. The van der Waals surface area contributed by atoms with Crippen LogP contribution < -0.4 is 0 Å². The summed E-state index contributed by atoms with van der Waals surface area (Å²) in [5, 5.41) is 0. The van der Waals surface area contributed by atoms with E-state index in [1.54, 1.807) is 20.8 Å². The Labute approximate surface area is 129 Å². The van der Waals surface area contributed by atoms with Crippen molar-refractivity contribution in [3.8, 4) is 0 Å². The van der Waals surface area contributed by atoms with Gasteiger partial charge < -0.3 is 14.5 Å². The van der Waals surface area contributed by atoms with Crippen molar-refractivity contribution in [3.05, 3.63) is 22.5 Å². The largest absolute Gasteiger partial charge is 0.462 e. The van der Waals surface area contributed by atoms with Crippen LogP contribution in [0.25, 0.3) is 0 Å². The third kappa shape index (κ3) is 3.21. The van der Waals surface area contributed by atoms with E-state index >= 15 is 0 Å². The van der Waals surface area contributed by atoms with Crippen LogP contribution in [0.3, 0.4) is 0 Å². The molecule has 1 N–H and O–H groups in total. The molecule has 0 amide bonds. The highest BCUT2D eigenvalue weighted by molar-refractivity contribution is 6.02. The summed E-state index contributed by atoms with van der Waals surface area (Å²) in [6, 6.07) is 0. The highest BCUT2D eigenvalue weighted by atomic mass is 16.5. The van der Waals surface area contributed by atoms with Crippen molar-refractivity contribution in [1.29, 1.82) is 0 Å². The molecule has 22 heavy (non-hydrogen) atoms. The molecule has 0 unspecified atom stereocenters. The molecule has 2 rings (SSSR count). The Morgan fingerprint density at radius 3 is 2.41 bits per heavy atom. The molecule has 1 heterocycles. The van der Waals surface area contributed by atoms with Crippen molar-refractivity contribution < 1.29 is 23.9 Å². The van der Waals surface area contributed by atoms with Gasteiger partial charge in [-0.05, 0) is 38.7 Å². The number of Topliss-reactive ketones (excluding diaryl/α,β-unsaturated/α-hetero) is 1. The lowest BCUT2D eigenvalue weighted by Crippen LogP contribution is -2.17. The van der Waals surface area contributed by atoms with E-state index in [1.807, 2.05) is 6.92 Å². The summed E-state index contributed by atoms with van der Waals surface area (Å²) < 4.78 is 10.0. The maximum atomic E-state index is 12.2. The standard InChI is InChI=1S/C16H21NO5/c1-5-21-16(20)13-9(3)14(17-10(13)4)12(18)7-22-15(19)11-6-8(11)2/h8,11,17H,5-7H2,1-4H3/t8-,11+/m0/s1. The topological polar surface area (TPSA) is 85.5 Å². The molecule has 6 nitrogen and oxygen atoms in total. The zero-order chi connectivity index (χ0) is 16.4. The predicted octanol–water partition coefficient (Wildman–Crippen LogP) is 2.19. The molecule has 0 saturated heterocycles. The molecule has 1 saturated carbocycles. The molecule has 1 fully saturated rings. The molecule has 1 aliphatic carbocycles. The van der Waals surface area contributed by atoms with Gasteiger partial charge in [0.25, 0.3) is 0 Å². The fourth-order valence-corrected chi connectivity index (χ4v) is 2.50. The first-order valence-corrected chi connectivity index (χ1v) is 7.42. The fraction of sp³-hybridized carbons (Fsp3) is 0.562. The van der Waals surface area contributed by atoms with E-state index in [1.165, 1.54) is 0 Å². The van der Waals surface area contributed by atoms with Gasteiger partial charge in [0, 0.05) is 5.69 Å². The molecule has 1 aliphatic rings. The number of aromatic nitrogens is 1. The van der Waals surface area contributed by atoms with Gasteiger partial charge in [-0.3, -0.25) is 9.59 Å². The summed E-state index contributed by atoms with van der Waals surface area (Å²) in [5.74, 6) is -0.872. The van der Waals surface area contributed by atoms with Crippen LogP contribution in [0.5, 0.6) is 0 Å². The Hall–Kier alpha value is -2.11. The first-order valence-electron chi connectivity index (χ1n) is 7.42. The van der Waals surface area contributed by atoms with Crippen molar-refractivity contribution in [2.45, 2.75) is 34.1 Å². The van der Waals surface area contributed by atoms with Gasteiger partial charge in [0.2, 0.25) is 5.78 Å². The van der Waals surface area contributed by atoms with E-state index in [0.29, 0.717) is 22.7 Å². The van der Waals surface area contributed by atoms with Gasteiger partial charge in [0.15, 0.2) is 6.61 Å². The second-order valence-electron chi connectivity index (χ2n) is 5.70. The zero-order valence-corrected chi connectivity index (χ0v) is 13.3. The van der Waals surface area contributed by atoms with E-state index in [0.717, 1.165) is 6.42 Å². The molecule has 0 aliphatic heterocycles. The lowest BCUT2D eigenvalue weighted by atomic mass is 10.1. The quantitative estimate of drug-likeness (QED) is 0.643. The molecular weight excluding hydrogens is 286 g/mol. The Bertz CT molecular complexity index is 616. The Morgan fingerprint density at radius 2 is 1.86 bits per heavy atom. The van der Waals surface area contributed by atoms with E-state index in [4.69, 9.17) is 9.47 Å². The smallest absolute Gasteiger partial charge is 0.340 e. The van der Waals surface area contributed by atoms with Gasteiger partial charge >= 0.3 is 11.9 Å². The SMILES string of the molecule is CCOC(=O)c1c(C)[nH]c(C(=O)COC(=O)[C@@H]2C[C@@H]2C)c1C. The van der Waals surface area contributed by atoms with Gasteiger partial charge in [0.05, 0.1) is 23.8 Å². The molecule has 0 spiro atoms. The van der Waals surface area contributed by atoms with Gasteiger partial charge in [-0.2, -0.15) is 0 Å². The minimum absolute atomic E-state index is 0.0747. The number of carbonyl (C=O) groups excluding carboxylic acids is 3. The number of ketones is 1. The summed E-state index contributed by atoms with van der Waals surface area (Å²) in [6.07, 6.45) is 0.820. The van der Waals surface area contributed by atoms with Gasteiger partial charge in [-0.15, -0.1) is 0 Å². The van der Waals surface area contributed by atoms with Crippen LogP contribution in [-0.2, 0) is 14.3 Å². The fourth-order valence-electron chi connectivity index (χ4n) is 2.50. The number of ether oxygens (including phenoxy) is 2. The number of hydrogen-bond acceptors (Lipinski definition) is 5. The van der Waals surface area contributed by atoms with Crippen LogP contribution in [0.15, 0.2) is 0 Å². The molecule has 1 aromatic heterocycles. The molecule has 120 valence electrons. The Morgan fingerprint density at radius 1 is 1.23 bits per heavy atom. The van der Waals surface area contributed by atoms with Crippen LogP contribution in [0.1, 0.15) is 52.4 Å². The minimum Gasteiger partial charge on any atom is -0.462 e. The third-order valence-electron chi connectivity index (χ3n) is 3.95. The minimum atomic E-state index is -0.461. The number of nitrogens with one attached hydrogen (secondary N) is 1. The number of esters is 2. The number of hydrogen-bond donors (Lipinski definition) is 1. The summed E-state index contributed by atoms with van der Waals surface area (Å²) >= 11 is 0. The predicted molar refractivity (Wildman–Crippen MR) is 78.8 cm³/mol. The highest BCUT2D eigenvalue weighted by Gasteiger charge is 2.40. The monoisotopic (exact) mass is 307 g/mol. The van der Waals surface area contributed by atoms with Crippen molar-refractivity contribution >= 4 is 17.7 Å². The van der Waals surface area contributed by atoms with Gasteiger partial charge in [0.1, 0.15) is 0 Å². The second kappa shape index (κ2) is 6.34. The zero-order valence-electron chi connectivity index (χ0n) is 13.3. The summed E-state index contributed by atoms with van der Waals surface area (Å²) in [7, 11) is 0. The van der Waals surface area contributed by atoms with E-state index in [2.05, 4.69) is 4.98 Å². The first kappa shape index (κ1) is 16.3. The molecule has 0 radical (unpaired) electrons. The van der Waals surface area contributed by atoms with Crippen LogP contribution in [-0.4, -0.2) is 35.9 Å². The average molecular weight is 307 g/mol. The molecule has 2 atom stereocenters. The van der Waals surface area contributed by atoms with E-state index in [9.17, 15) is 14.4 Å². The van der Waals surface area contributed by atoms with Crippen LogP contribution in [0.2, 0.25) is 0 Å². The van der Waals surface area contributed by atoms with Crippen molar-refractivity contribution in [2.75, 3.05) is 13.2 Å². The van der Waals surface area contributed by atoms with Crippen LogP contribution in [0, 0.1) is 25.7 Å². The van der Waals surface area contributed by atoms with Gasteiger partial charge in [-0.1, -0.05) is 6.92 Å². The maximum absolute atomic E-state index is 12.2. The molecule has 0 bridgehead atoms. The Balaban J connectivity index is 2.05. The van der Waals surface area contributed by atoms with E-state index < -0.39 is 5.97 Å². The summed E-state index contributed by atoms with van der Waals surface area (Å²) in [6.45, 7) is 7.02. The average Bonchev–Trinajstić information content (AvgIpc) is 3.11. The Kier molecular flexibility index (Phi) is 4.68. The first-order chi connectivity index (χ1) is 10.4. The van der Waals surface area contributed by atoms with Crippen molar-refractivity contribution in [3.63, 3.8) is 0 Å². The number of rotatable bonds is 6. The number of H-pyrrole nitrogens is 1. The molecule has 1 aromatic rings. The summed E-state index contributed by atoms with van der Waals surface area (Å²) in [4.78, 5) is 38.6. The highest BCUT2D eigenvalue weighted by Crippen LogP contribution is 2.38. The molecular formula is C16H21NO5. The lowest BCUT2D eigenvalue weighted by molar-refractivity contribution is -0.144. The normalized spacial score (nSPS) is 19.6. The maximum Gasteiger partial charge on any atom is 0.340 e. The number of carbonyl (C=O) groups is 3. The van der Waals surface area contributed by atoms with Crippen molar-refractivity contribution in [2.24, 2.45) is 11.8 Å². The van der Waals surface area contributed by atoms with E-state index in [-0.39, 0.29) is 36.6 Å². The van der Waals surface area contributed by atoms with Crippen LogP contribution >= 0.6 is 0 Å². The molecule has 6 heteroatoms. The van der Waals surface area contributed by atoms with Crippen LogP contribution in [0.4, 0.5) is 0 Å². The van der Waals surface area contributed by atoms with Crippen molar-refractivity contribution in [1.82, 2.24) is 4.98 Å².